The van der Waals surface area contributed by atoms with Crippen LogP contribution in [0.3, 0.4) is 0 Å². The fraction of sp³-hybridized carbons (Fsp3) is 0.333. The van der Waals surface area contributed by atoms with Crippen molar-refractivity contribution in [1.29, 1.82) is 0 Å². The number of esters is 1. The molecule has 0 saturated carbocycles. The zero-order valence-electron chi connectivity index (χ0n) is 11.3. The number of carbonyl (C=O) groups is 1. The average molecular weight is 275 g/mol. The lowest BCUT2D eigenvalue weighted by molar-refractivity contribution is 0.00626. The standard InChI is InChI=1S/C15H17NO2S/c1-15(2,3)18-14(17)13-11(7-6-9-16-13)12-8-4-5-10-19-12/h4-9H,10H2,1-3H3. The van der Waals surface area contributed by atoms with Gasteiger partial charge in [-0.1, -0.05) is 12.2 Å². The number of thioether (sulfide) groups is 1. The highest BCUT2D eigenvalue weighted by Crippen LogP contribution is 2.32. The molecule has 2 heterocycles. The van der Waals surface area contributed by atoms with Crippen LogP contribution in [-0.4, -0.2) is 22.3 Å². The molecule has 0 bridgehead atoms. The van der Waals surface area contributed by atoms with Crippen molar-refractivity contribution in [3.63, 3.8) is 0 Å². The van der Waals surface area contributed by atoms with Gasteiger partial charge in [-0.3, -0.25) is 0 Å². The SMILES string of the molecule is CC(C)(C)OC(=O)c1ncccc1C1=CC=CCS1. The van der Waals surface area contributed by atoms with Gasteiger partial charge in [-0.25, -0.2) is 9.78 Å². The summed E-state index contributed by atoms with van der Waals surface area (Å²) in [6, 6.07) is 3.74. The van der Waals surface area contributed by atoms with Crippen LogP contribution >= 0.6 is 11.8 Å². The van der Waals surface area contributed by atoms with Gasteiger partial charge >= 0.3 is 5.97 Å². The van der Waals surface area contributed by atoms with E-state index >= 15 is 0 Å². The maximum atomic E-state index is 12.2. The average Bonchev–Trinajstić information content (AvgIpc) is 2.38. The fourth-order valence-corrected chi connectivity index (χ4v) is 2.54. The zero-order valence-corrected chi connectivity index (χ0v) is 12.2. The van der Waals surface area contributed by atoms with Gasteiger partial charge in [0.25, 0.3) is 0 Å². The van der Waals surface area contributed by atoms with E-state index in [0.717, 1.165) is 16.2 Å². The molecule has 100 valence electrons. The number of nitrogens with zero attached hydrogens (tertiary/aromatic N) is 1. The molecule has 1 aromatic rings. The lowest BCUT2D eigenvalue weighted by atomic mass is 10.1. The highest BCUT2D eigenvalue weighted by molar-refractivity contribution is 8.08. The van der Waals surface area contributed by atoms with E-state index in [-0.39, 0.29) is 5.97 Å². The molecule has 0 radical (unpaired) electrons. The van der Waals surface area contributed by atoms with Gasteiger partial charge in [0.15, 0.2) is 5.69 Å². The van der Waals surface area contributed by atoms with E-state index < -0.39 is 5.60 Å². The Kier molecular flexibility index (Phi) is 4.10. The maximum absolute atomic E-state index is 12.2. The topological polar surface area (TPSA) is 39.2 Å². The Labute approximate surface area is 117 Å². The van der Waals surface area contributed by atoms with Gasteiger partial charge in [0.05, 0.1) is 0 Å². The Morgan fingerprint density at radius 1 is 1.42 bits per heavy atom. The van der Waals surface area contributed by atoms with Crippen LogP contribution in [0.1, 0.15) is 36.8 Å². The predicted molar refractivity (Wildman–Crippen MR) is 79.0 cm³/mol. The van der Waals surface area contributed by atoms with Crippen molar-refractivity contribution in [2.24, 2.45) is 0 Å². The first-order valence-electron chi connectivity index (χ1n) is 6.16. The minimum atomic E-state index is -0.514. The van der Waals surface area contributed by atoms with E-state index in [9.17, 15) is 4.79 Å². The van der Waals surface area contributed by atoms with E-state index in [0.29, 0.717) is 5.69 Å². The first-order chi connectivity index (χ1) is 8.97. The van der Waals surface area contributed by atoms with E-state index in [2.05, 4.69) is 11.1 Å². The van der Waals surface area contributed by atoms with Crippen LogP contribution in [0.5, 0.6) is 0 Å². The molecule has 0 unspecified atom stereocenters. The Balaban J connectivity index is 2.33. The number of aromatic nitrogens is 1. The summed E-state index contributed by atoms with van der Waals surface area (Å²) in [6.07, 6.45) is 7.70. The smallest absolute Gasteiger partial charge is 0.358 e. The highest BCUT2D eigenvalue weighted by Gasteiger charge is 2.22. The van der Waals surface area contributed by atoms with Crippen LogP contribution in [0.25, 0.3) is 4.91 Å². The first-order valence-corrected chi connectivity index (χ1v) is 7.14. The molecule has 0 spiro atoms. The zero-order chi connectivity index (χ0) is 13.9. The monoisotopic (exact) mass is 275 g/mol. The number of allylic oxidation sites excluding steroid dienone is 2. The predicted octanol–water partition coefficient (Wildman–Crippen LogP) is 3.68. The Morgan fingerprint density at radius 2 is 2.21 bits per heavy atom. The summed E-state index contributed by atoms with van der Waals surface area (Å²) in [5, 5.41) is 0. The van der Waals surface area contributed by atoms with Crippen molar-refractivity contribution < 1.29 is 9.53 Å². The third-order valence-electron chi connectivity index (χ3n) is 2.38. The van der Waals surface area contributed by atoms with Crippen LogP contribution in [0, 0.1) is 0 Å². The van der Waals surface area contributed by atoms with Crippen molar-refractivity contribution in [3.8, 4) is 0 Å². The van der Waals surface area contributed by atoms with Gasteiger partial charge in [-0.2, -0.15) is 0 Å². The number of carbonyl (C=O) groups excluding carboxylic acids is 1. The third kappa shape index (κ3) is 3.70. The quantitative estimate of drug-likeness (QED) is 0.772. The molecule has 0 aromatic carbocycles. The molecule has 3 nitrogen and oxygen atoms in total. The summed E-state index contributed by atoms with van der Waals surface area (Å²) in [7, 11) is 0. The van der Waals surface area contributed by atoms with Crippen molar-refractivity contribution in [2.75, 3.05) is 5.75 Å². The highest BCUT2D eigenvalue weighted by atomic mass is 32.2. The number of ether oxygens (including phenoxy) is 1. The molecule has 1 aliphatic rings. The van der Waals surface area contributed by atoms with Gasteiger partial charge in [0.2, 0.25) is 0 Å². The fourth-order valence-electron chi connectivity index (χ4n) is 1.66. The summed E-state index contributed by atoms with van der Waals surface area (Å²) in [5.74, 6) is 0.535. The van der Waals surface area contributed by atoms with Crippen LogP contribution in [0.2, 0.25) is 0 Å². The van der Waals surface area contributed by atoms with Gasteiger partial charge in [0, 0.05) is 22.4 Å². The van der Waals surface area contributed by atoms with Crippen molar-refractivity contribution in [1.82, 2.24) is 4.98 Å². The summed E-state index contributed by atoms with van der Waals surface area (Å²) in [4.78, 5) is 17.4. The summed E-state index contributed by atoms with van der Waals surface area (Å²) in [6.45, 7) is 5.56. The van der Waals surface area contributed by atoms with Gasteiger partial charge in [-0.05, 0) is 39.0 Å². The molecule has 2 rings (SSSR count). The molecule has 1 aromatic heterocycles. The van der Waals surface area contributed by atoms with Crippen molar-refractivity contribution in [3.05, 3.63) is 47.8 Å². The Bertz CT molecular complexity index is 541. The molecule has 4 heteroatoms. The molecule has 0 amide bonds. The first kappa shape index (κ1) is 13.9. The molecule has 0 atom stereocenters. The molecular formula is C15H17NO2S. The molecule has 1 aliphatic heterocycles. The number of hydrogen-bond acceptors (Lipinski definition) is 4. The third-order valence-corrected chi connectivity index (χ3v) is 3.41. The molecule has 0 fully saturated rings. The normalized spacial score (nSPS) is 15.0. The van der Waals surface area contributed by atoms with E-state index in [1.807, 2.05) is 45.1 Å². The lowest BCUT2D eigenvalue weighted by Crippen LogP contribution is -2.25. The van der Waals surface area contributed by atoms with E-state index in [4.69, 9.17) is 4.74 Å². The minimum Gasteiger partial charge on any atom is -0.455 e. The molecule has 0 aliphatic carbocycles. The molecular weight excluding hydrogens is 258 g/mol. The summed E-state index contributed by atoms with van der Waals surface area (Å²) in [5.41, 5.74) is 0.706. The van der Waals surface area contributed by atoms with Crippen LogP contribution in [0.4, 0.5) is 0 Å². The van der Waals surface area contributed by atoms with Crippen LogP contribution in [0.15, 0.2) is 36.6 Å². The number of rotatable bonds is 2. The van der Waals surface area contributed by atoms with Crippen LogP contribution < -0.4 is 0 Å². The number of pyridine rings is 1. The van der Waals surface area contributed by atoms with E-state index in [1.165, 1.54) is 0 Å². The van der Waals surface area contributed by atoms with Crippen molar-refractivity contribution in [2.45, 2.75) is 26.4 Å². The van der Waals surface area contributed by atoms with Crippen LogP contribution in [-0.2, 0) is 4.74 Å². The molecule has 0 saturated heterocycles. The second kappa shape index (κ2) is 5.61. The van der Waals surface area contributed by atoms with Gasteiger partial charge in [-0.15, -0.1) is 11.8 Å². The minimum absolute atomic E-state index is 0.376. The van der Waals surface area contributed by atoms with Gasteiger partial charge < -0.3 is 4.74 Å². The largest absolute Gasteiger partial charge is 0.455 e. The Morgan fingerprint density at radius 3 is 2.84 bits per heavy atom. The van der Waals surface area contributed by atoms with E-state index in [1.54, 1.807) is 18.0 Å². The summed E-state index contributed by atoms with van der Waals surface area (Å²) < 4.78 is 5.40. The van der Waals surface area contributed by atoms with Crippen molar-refractivity contribution >= 4 is 22.6 Å². The maximum Gasteiger partial charge on any atom is 0.358 e. The Hall–Kier alpha value is -1.55. The summed E-state index contributed by atoms with van der Waals surface area (Å²) >= 11 is 1.69. The number of hydrogen-bond donors (Lipinski definition) is 0. The van der Waals surface area contributed by atoms with Gasteiger partial charge in [0.1, 0.15) is 5.60 Å². The lowest BCUT2D eigenvalue weighted by Gasteiger charge is -2.20. The second-order valence-electron chi connectivity index (χ2n) is 5.17. The molecule has 19 heavy (non-hydrogen) atoms. The molecule has 0 N–H and O–H groups in total. The second-order valence-corrected chi connectivity index (χ2v) is 6.23.